The van der Waals surface area contributed by atoms with Gasteiger partial charge in [-0.25, -0.2) is 9.97 Å². The first kappa shape index (κ1) is 37.9. The second-order valence-corrected chi connectivity index (χ2v) is 32.1. The molecule has 0 aliphatic carbocycles. The highest BCUT2D eigenvalue weighted by Crippen LogP contribution is 2.47. The van der Waals surface area contributed by atoms with Crippen LogP contribution in [0.5, 0.6) is 5.75 Å². The molecule has 3 heterocycles. The lowest BCUT2D eigenvalue weighted by Gasteiger charge is -2.44. The van der Waals surface area contributed by atoms with E-state index in [1.807, 2.05) is 35.2 Å². The maximum absolute atomic E-state index is 7.34. The van der Waals surface area contributed by atoms with Crippen molar-refractivity contribution < 1.29 is 22.8 Å². The summed E-state index contributed by atoms with van der Waals surface area (Å²) < 4.78 is 36.9. The molecule has 1 aliphatic heterocycles. The number of hydrogen-bond acceptors (Lipinski definition) is 7. The Hall–Kier alpha value is -1.87. The molecule has 4 rings (SSSR count). The zero-order chi connectivity index (χ0) is 35.2. The van der Waals surface area contributed by atoms with E-state index in [2.05, 4.69) is 114 Å². The molecule has 3 aromatic rings. The smallest absolute Gasteiger partial charge is 0.192 e. The van der Waals surface area contributed by atoms with Gasteiger partial charge in [0.25, 0.3) is 0 Å². The third kappa shape index (κ3) is 8.30. The van der Waals surface area contributed by atoms with Crippen molar-refractivity contribution in [2.45, 2.75) is 148 Å². The lowest BCUT2D eigenvalue weighted by Crippen LogP contribution is -2.54. The number of rotatable bonds is 11. The van der Waals surface area contributed by atoms with Crippen LogP contribution < -0.4 is 4.74 Å². The number of nitrogens with zero attached hydrogens (tertiary/aromatic N) is 3. The van der Waals surface area contributed by atoms with Gasteiger partial charge >= 0.3 is 0 Å². The lowest BCUT2D eigenvalue weighted by atomic mass is 10.1. The summed E-state index contributed by atoms with van der Waals surface area (Å²) in [6.07, 6.45) is 2.06. The molecule has 1 fully saturated rings. The maximum atomic E-state index is 7.34. The van der Waals surface area contributed by atoms with Gasteiger partial charge in [-0.05, 0) is 60.0 Å². The lowest BCUT2D eigenvalue weighted by molar-refractivity contribution is -0.0470. The monoisotopic (exact) mass is 699 g/mol. The number of aromatic nitrogens is 3. The highest BCUT2D eigenvalue weighted by molar-refractivity contribution is 6.75. The minimum absolute atomic E-state index is 0.00565. The fourth-order valence-corrected chi connectivity index (χ4v) is 8.44. The van der Waals surface area contributed by atoms with Crippen LogP contribution in [0.25, 0.3) is 11.2 Å². The second-order valence-electron chi connectivity index (χ2n) is 17.7. The summed E-state index contributed by atoms with van der Waals surface area (Å²) in [4.78, 5) is 9.63. The van der Waals surface area contributed by atoms with Crippen LogP contribution in [0.15, 0.2) is 48.9 Å². The average Bonchev–Trinajstić information content (AvgIpc) is 3.50. The molecule has 0 saturated carbocycles. The van der Waals surface area contributed by atoms with Crippen molar-refractivity contribution in [3.8, 4) is 5.75 Å². The van der Waals surface area contributed by atoms with E-state index in [0.717, 1.165) is 5.56 Å². The third-order valence-corrected chi connectivity index (χ3v) is 24.6. The molecule has 262 valence electrons. The first-order valence-electron chi connectivity index (χ1n) is 17.1. The van der Waals surface area contributed by atoms with Crippen LogP contribution in [-0.4, -0.2) is 64.4 Å². The van der Waals surface area contributed by atoms with Gasteiger partial charge in [0, 0.05) is 12.3 Å². The van der Waals surface area contributed by atoms with E-state index in [1.165, 1.54) is 0 Å². The molecule has 1 aliphatic rings. The largest absolute Gasteiger partial charge is 0.486 e. The van der Waals surface area contributed by atoms with E-state index < -0.39 is 31.2 Å². The molecule has 2 aromatic heterocycles. The number of hydrogen-bond donors (Lipinski definition) is 0. The van der Waals surface area contributed by atoms with Gasteiger partial charge in [-0.3, -0.25) is 4.57 Å². The third-order valence-electron chi connectivity index (χ3n) is 11.1. The molecule has 0 N–H and O–H groups in total. The Labute approximate surface area is 287 Å². The van der Waals surface area contributed by atoms with Crippen molar-refractivity contribution in [3.05, 3.63) is 54.5 Å². The second kappa shape index (κ2) is 13.4. The Morgan fingerprint density at radius 2 is 1.28 bits per heavy atom. The average molecular weight is 700 g/mol. The van der Waals surface area contributed by atoms with Gasteiger partial charge in [-0.2, -0.15) is 0 Å². The predicted octanol–water partition coefficient (Wildman–Crippen LogP) is 9.71. The van der Waals surface area contributed by atoms with Gasteiger partial charge in [-0.1, -0.05) is 92.6 Å². The molecule has 1 saturated heterocycles. The molecular formula is C36H61N3O5Si3. The van der Waals surface area contributed by atoms with E-state index in [0.29, 0.717) is 30.1 Å². The fraction of sp³-hybridized carbons (Fsp3) is 0.667. The summed E-state index contributed by atoms with van der Waals surface area (Å²) in [5, 5.41) is 0.0622. The van der Waals surface area contributed by atoms with E-state index in [1.54, 1.807) is 6.20 Å². The summed E-state index contributed by atoms with van der Waals surface area (Å²) in [5.74, 6) is 0.685. The SMILES string of the molecule is CC(C)(C)[Si](C)(C)OC[C@H]1O[C@@H](n2cnc3c(OCc4ccccc4)ccnc32)C(O[Si](C)(C)C(C)(C)C)C1O[Si](C)(C)C(C)(C)C. The molecule has 47 heavy (non-hydrogen) atoms. The normalized spacial score (nSPS) is 21.9. The van der Waals surface area contributed by atoms with Crippen LogP contribution in [0.1, 0.15) is 74.1 Å². The van der Waals surface area contributed by atoms with Gasteiger partial charge < -0.3 is 22.8 Å². The zero-order valence-electron chi connectivity index (χ0n) is 31.7. The summed E-state index contributed by atoms with van der Waals surface area (Å²) in [6, 6.07) is 12.0. The highest BCUT2D eigenvalue weighted by atomic mass is 28.4. The maximum Gasteiger partial charge on any atom is 0.192 e. The van der Waals surface area contributed by atoms with E-state index >= 15 is 0 Å². The van der Waals surface area contributed by atoms with Crippen LogP contribution in [0.2, 0.25) is 54.4 Å². The predicted molar refractivity (Wildman–Crippen MR) is 200 cm³/mol. The van der Waals surface area contributed by atoms with Gasteiger partial charge in [0.15, 0.2) is 42.6 Å². The number of imidazole rings is 1. The van der Waals surface area contributed by atoms with Gasteiger partial charge in [-0.15, -0.1) is 0 Å². The molecular weight excluding hydrogens is 639 g/mol. The number of pyridine rings is 1. The van der Waals surface area contributed by atoms with Crippen molar-refractivity contribution >= 4 is 36.1 Å². The van der Waals surface area contributed by atoms with Crippen molar-refractivity contribution in [1.82, 2.24) is 14.5 Å². The molecule has 2 unspecified atom stereocenters. The Morgan fingerprint density at radius 1 is 0.723 bits per heavy atom. The van der Waals surface area contributed by atoms with E-state index in [9.17, 15) is 0 Å². The van der Waals surface area contributed by atoms with Crippen LogP contribution in [0.3, 0.4) is 0 Å². The molecule has 0 amide bonds. The molecule has 4 atom stereocenters. The number of ether oxygens (including phenoxy) is 2. The highest BCUT2D eigenvalue weighted by Gasteiger charge is 2.55. The first-order chi connectivity index (χ1) is 21.5. The quantitative estimate of drug-likeness (QED) is 0.185. The van der Waals surface area contributed by atoms with Crippen LogP contribution in [0.4, 0.5) is 0 Å². The van der Waals surface area contributed by atoms with E-state index in [-0.39, 0.29) is 33.4 Å². The Bertz CT molecular complexity index is 1490. The standard InChI is InChI=1S/C36H61N3O5Si3/c1-34(2,3)45(10,11)41-24-28-30(43-46(12,13)35(4,5)6)31(44-47(14,15)36(7,8)9)33(42-28)39-25-38-29-27(21-22-37-32(29)39)40-23-26-19-17-16-18-20-26/h16-22,25,28,30-31,33H,23-24H2,1-15H3/t28-,30?,31?,33-/m1/s1. The number of fused-ring (bicyclic) bond motifs is 1. The van der Waals surface area contributed by atoms with Crippen LogP contribution in [-0.2, 0) is 24.6 Å². The first-order valence-corrected chi connectivity index (χ1v) is 25.8. The summed E-state index contributed by atoms with van der Waals surface area (Å²) in [6.45, 7) is 35.1. The molecule has 0 bridgehead atoms. The molecule has 1 aromatic carbocycles. The Balaban J connectivity index is 1.79. The summed E-state index contributed by atoms with van der Waals surface area (Å²) in [7, 11) is -6.62. The van der Waals surface area contributed by atoms with Gasteiger partial charge in [0.05, 0.1) is 12.9 Å². The van der Waals surface area contributed by atoms with Crippen molar-refractivity contribution in [2.24, 2.45) is 0 Å². The minimum Gasteiger partial charge on any atom is -0.486 e. The summed E-state index contributed by atoms with van der Waals surface area (Å²) in [5.41, 5.74) is 2.48. The van der Waals surface area contributed by atoms with Crippen molar-refractivity contribution in [3.63, 3.8) is 0 Å². The minimum atomic E-state index is -2.29. The Kier molecular flexibility index (Phi) is 10.9. The molecule has 0 spiro atoms. The molecule has 0 radical (unpaired) electrons. The van der Waals surface area contributed by atoms with Crippen LogP contribution >= 0.6 is 0 Å². The zero-order valence-corrected chi connectivity index (χ0v) is 34.7. The number of benzene rings is 1. The van der Waals surface area contributed by atoms with Crippen LogP contribution in [0, 0.1) is 0 Å². The molecule has 8 nitrogen and oxygen atoms in total. The summed E-state index contributed by atoms with van der Waals surface area (Å²) >= 11 is 0. The van der Waals surface area contributed by atoms with Gasteiger partial charge in [0.2, 0.25) is 0 Å². The fourth-order valence-electron chi connectivity index (χ4n) is 4.82. The topological polar surface area (TPSA) is 76.9 Å². The molecule has 11 heteroatoms. The van der Waals surface area contributed by atoms with Crippen molar-refractivity contribution in [1.29, 1.82) is 0 Å². The van der Waals surface area contributed by atoms with Gasteiger partial charge in [0.1, 0.15) is 30.4 Å². The Morgan fingerprint density at radius 3 is 1.83 bits per heavy atom. The van der Waals surface area contributed by atoms with E-state index in [4.69, 9.17) is 32.7 Å². The van der Waals surface area contributed by atoms with Crippen molar-refractivity contribution in [2.75, 3.05) is 6.61 Å².